The van der Waals surface area contributed by atoms with E-state index in [0.717, 1.165) is 0 Å². The van der Waals surface area contributed by atoms with Crippen molar-refractivity contribution in [3.8, 4) is 0 Å². The van der Waals surface area contributed by atoms with Crippen LogP contribution in [0.1, 0.15) is 20.3 Å². The van der Waals surface area contributed by atoms with E-state index in [-0.39, 0.29) is 47.0 Å². The number of nitrogens with zero attached hydrogens (tertiary/aromatic N) is 2. The van der Waals surface area contributed by atoms with Crippen molar-refractivity contribution in [3.05, 3.63) is 10.6 Å². The predicted molar refractivity (Wildman–Crippen MR) is 127 cm³/mol. The third kappa shape index (κ3) is 5.09. The normalized spacial score (nSPS) is 32.4. The number of carbonyl (C=O) groups is 3. The zero-order chi connectivity index (χ0) is 25.5. The van der Waals surface area contributed by atoms with Crippen molar-refractivity contribution in [2.24, 2.45) is 11.8 Å². The van der Waals surface area contributed by atoms with Crippen LogP contribution in [-0.4, -0.2) is 114 Å². The van der Waals surface area contributed by atoms with E-state index in [2.05, 4.69) is 10.6 Å². The summed E-state index contributed by atoms with van der Waals surface area (Å²) in [5.74, 6) is -2.90. The Morgan fingerprint density at radius 1 is 1.31 bits per heavy atom. The van der Waals surface area contributed by atoms with E-state index in [9.17, 15) is 33.0 Å². The van der Waals surface area contributed by atoms with Crippen molar-refractivity contribution in [3.63, 3.8) is 0 Å². The summed E-state index contributed by atoms with van der Waals surface area (Å²) >= 11 is 1.36. The fraction of sp³-hybridized carbons (Fsp3) is 0.762. The Hall–Kier alpha value is -1.71. The van der Waals surface area contributed by atoms with Gasteiger partial charge in [-0.05, 0) is 13.3 Å². The number of sulfonamides is 1. The standard InChI is InChI=1S/C21H32N4O8S2/c1-11-16-15(12(2)26)20(28)25(16)17(21(29)30)18(11)34-13-9-14(23-10-13)19(27)22-3-8-35(31,32)24-4-6-33-7-5-24/h11-16,23,26H,3-10H2,1-2H3,(H,22,27)(H,29,30)/t11-,12-,13+,14+,15-,16-/m1/s1. The van der Waals surface area contributed by atoms with Gasteiger partial charge in [-0.2, -0.15) is 4.31 Å². The van der Waals surface area contributed by atoms with Gasteiger partial charge < -0.3 is 30.5 Å². The monoisotopic (exact) mass is 532 g/mol. The lowest BCUT2D eigenvalue weighted by molar-refractivity contribution is -0.163. The molecule has 0 unspecified atom stereocenters. The highest BCUT2D eigenvalue weighted by Crippen LogP contribution is 2.51. The van der Waals surface area contributed by atoms with Crippen molar-refractivity contribution in [1.82, 2.24) is 19.8 Å². The SMILES string of the molecule is C[C@@H](O)[C@H]1C(=O)N2C(C(=O)O)=C(S[C@@H]3CN[C@H](C(=O)NCCS(=O)(=O)N4CCOCC4)C3)[C@H](C)[C@H]12. The van der Waals surface area contributed by atoms with Gasteiger partial charge in [0.2, 0.25) is 21.8 Å². The molecule has 0 aromatic rings. The number of amides is 2. The number of hydrogen-bond acceptors (Lipinski definition) is 9. The Labute approximate surface area is 208 Å². The minimum Gasteiger partial charge on any atom is -0.477 e. The van der Waals surface area contributed by atoms with Gasteiger partial charge in [-0.25, -0.2) is 13.2 Å². The average molecular weight is 533 g/mol. The summed E-state index contributed by atoms with van der Waals surface area (Å²) in [6.07, 6.45) is -0.423. The van der Waals surface area contributed by atoms with Crippen molar-refractivity contribution in [1.29, 1.82) is 0 Å². The maximum absolute atomic E-state index is 12.6. The van der Waals surface area contributed by atoms with E-state index in [4.69, 9.17) is 4.74 Å². The number of aliphatic carboxylic acids is 1. The van der Waals surface area contributed by atoms with E-state index < -0.39 is 34.1 Å². The maximum atomic E-state index is 12.6. The molecule has 0 bridgehead atoms. The molecule has 6 atom stereocenters. The van der Waals surface area contributed by atoms with Gasteiger partial charge in [0.25, 0.3) is 0 Å². The molecule has 4 rings (SSSR count). The number of fused-ring (bicyclic) bond motifs is 1. The lowest BCUT2D eigenvalue weighted by Crippen LogP contribution is -2.63. The Kier molecular flexibility index (Phi) is 7.79. The minimum absolute atomic E-state index is 0.000648. The number of ether oxygens (including phenoxy) is 1. The number of rotatable bonds is 9. The van der Waals surface area contributed by atoms with Gasteiger partial charge in [0.1, 0.15) is 5.70 Å². The third-order valence-electron chi connectivity index (χ3n) is 7.03. The van der Waals surface area contributed by atoms with Crippen molar-refractivity contribution < 1.29 is 37.8 Å². The molecule has 35 heavy (non-hydrogen) atoms. The Morgan fingerprint density at radius 2 is 2.00 bits per heavy atom. The number of β-lactam (4-membered cyclic amide) rings is 1. The second-order valence-electron chi connectivity index (χ2n) is 9.33. The first-order chi connectivity index (χ1) is 16.5. The molecule has 14 heteroatoms. The number of nitrogens with one attached hydrogen (secondary N) is 2. The van der Waals surface area contributed by atoms with Gasteiger partial charge >= 0.3 is 5.97 Å². The van der Waals surface area contributed by atoms with Crippen LogP contribution in [0.15, 0.2) is 10.6 Å². The third-order valence-corrected chi connectivity index (χ3v) is 10.4. The quantitative estimate of drug-likeness (QED) is 0.254. The average Bonchev–Trinajstić information content (AvgIpc) is 3.36. The van der Waals surface area contributed by atoms with Crippen molar-refractivity contribution >= 4 is 39.6 Å². The van der Waals surface area contributed by atoms with Crippen LogP contribution >= 0.6 is 11.8 Å². The van der Waals surface area contributed by atoms with Gasteiger partial charge in [0.15, 0.2) is 0 Å². The van der Waals surface area contributed by atoms with E-state index in [1.54, 1.807) is 0 Å². The van der Waals surface area contributed by atoms with E-state index in [1.807, 2.05) is 6.92 Å². The number of aliphatic hydroxyl groups excluding tert-OH is 1. The zero-order valence-corrected chi connectivity index (χ0v) is 21.3. The predicted octanol–water partition coefficient (Wildman–Crippen LogP) is -1.62. The molecule has 2 amide bonds. The molecule has 0 aliphatic carbocycles. The van der Waals surface area contributed by atoms with Crippen LogP contribution < -0.4 is 10.6 Å². The van der Waals surface area contributed by atoms with Crippen molar-refractivity contribution in [2.45, 2.75) is 43.7 Å². The Morgan fingerprint density at radius 3 is 2.63 bits per heavy atom. The molecule has 4 N–H and O–H groups in total. The number of aliphatic hydroxyl groups is 1. The first-order valence-electron chi connectivity index (χ1n) is 11.7. The molecule has 0 radical (unpaired) electrons. The van der Waals surface area contributed by atoms with Crippen molar-refractivity contribution in [2.75, 3.05) is 45.1 Å². The summed E-state index contributed by atoms with van der Waals surface area (Å²) in [5.41, 5.74) is -0.0318. The van der Waals surface area contributed by atoms with E-state index >= 15 is 0 Å². The van der Waals surface area contributed by atoms with Gasteiger partial charge in [-0.1, -0.05) is 6.92 Å². The minimum atomic E-state index is -3.47. The van der Waals surface area contributed by atoms with Crippen LogP contribution in [0.25, 0.3) is 0 Å². The molecule has 0 spiro atoms. The topological polar surface area (TPSA) is 166 Å². The number of carbonyl (C=O) groups excluding carboxylic acids is 2. The van der Waals surface area contributed by atoms with E-state index in [1.165, 1.54) is 27.9 Å². The number of hydrogen-bond donors (Lipinski definition) is 4. The second kappa shape index (κ2) is 10.3. The smallest absolute Gasteiger partial charge is 0.353 e. The molecule has 4 aliphatic heterocycles. The largest absolute Gasteiger partial charge is 0.477 e. The molecule has 12 nitrogen and oxygen atoms in total. The van der Waals surface area contributed by atoms with Crippen LogP contribution in [0.2, 0.25) is 0 Å². The number of carboxylic acids is 1. The molecule has 3 fully saturated rings. The molecule has 0 aromatic heterocycles. The van der Waals surface area contributed by atoms with Crippen LogP contribution in [0.3, 0.4) is 0 Å². The van der Waals surface area contributed by atoms with E-state index in [0.29, 0.717) is 44.2 Å². The highest BCUT2D eigenvalue weighted by atomic mass is 32.2. The number of morpholine rings is 1. The van der Waals surface area contributed by atoms with Gasteiger partial charge in [-0.15, -0.1) is 11.8 Å². The molecule has 196 valence electrons. The van der Waals surface area contributed by atoms with Gasteiger partial charge in [0, 0.05) is 42.3 Å². The van der Waals surface area contributed by atoms with Crippen LogP contribution in [0.4, 0.5) is 0 Å². The van der Waals surface area contributed by atoms with Crippen LogP contribution in [0, 0.1) is 11.8 Å². The van der Waals surface area contributed by atoms with Gasteiger partial charge in [-0.3, -0.25) is 9.59 Å². The second-order valence-corrected chi connectivity index (χ2v) is 12.8. The lowest BCUT2D eigenvalue weighted by atomic mass is 9.79. The molecule has 4 aliphatic rings. The fourth-order valence-corrected chi connectivity index (χ4v) is 8.03. The summed E-state index contributed by atoms with van der Waals surface area (Å²) in [7, 11) is -3.47. The fourth-order valence-electron chi connectivity index (χ4n) is 5.23. The lowest BCUT2D eigenvalue weighted by Gasteiger charge is -2.46. The first-order valence-corrected chi connectivity index (χ1v) is 14.2. The van der Waals surface area contributed by atoms with Gasteiger partial charge in [0.05, 0.1) is 43.1 Å². The number of thioether (sulfide) groups is 1. The number of carboxylic acid groups (broad SMARTS) is 1. The van der Waals surface area contributed by atoms with Crippen LogP contribution in [-0.2, 0) is 29.1 Å². The van der Waals surface area contributed by atoms with Crippen LogP contribution in [0.5, 0.6) is 0 Å². The molecule has 3 saturated heterocycles. The molecular weight excluding hydrogens is 500 g/mol. The summed E-state index contributed by atoms with van der Waals surface area (Å²) < 4.78 is 31.3. The maximum Gasteiger partial charge on any atom is 0.353 e. The highest BCUT2D eigenvalue weighted by Gasteiger charge is 2.60. The molecule has 4 heterocycles. The molecule has 0 aromatic carbocycles. The first kappa shape index (κ1) is 26.4. The Bertz CT molecular complexity index is 1010. The molecular formula is C21H32N4O8S2. The summed E-state index contributed by atoms with van der Waals surface area (Å²) in [5, 5.41) is 25.5. The highest BCUT2D eigenvalue weighted by molar-refractivity contribution is 8.03. The Balaban J connectivity index is 1.31. The zero-order valence-electron chi connectivity index (χ0n) is 19.7. The molecule has 0 saturated carbocycles. The summed E-state index contributed by atoms with van der Waals surface area (Å²) in [6, 6.07) is -0.897. The summed E-state index contributed by atoms with van der Waals surface area (Å²) in [4.78, 5) is 38.9. The summed E-state index contributed by atoms with van der Waals surface area (Å²) in [6.45, 7) is 5.22.